The molecule has 0 spiro atoms. The summed E-state index contributed by atoms with van der Waals surface area (Å²) in [5.41, 5.74) is 2.30. The van der Waals surface area contributed by atoms with Crippen molar-refractivity contribution in [2.45, 2.75) is 13.0 Å². The van der Waals surface area contributed by atoms with Gasteiger partial charge in [-0.2, -0.15) is 0 Å². The van der Waals surface area contributed by atoms with Gasteiger partial charge in [-0.05, 0) is 24.7 Å². The molecular weight excluding hydrogens is 264 g/mol. The minimum atomic E-state index is -0.762. The Hall–Kier alpha value is -2.07. The zero-order valence-electron chi connectivity index (χ0n) is 12.7. The monoisotopic (exact) mass is 288 g/mol. The maximum atomic E-state index is 10.6. The van der Waals surface area contributed by atoms with Gasteiger partial charge in [0, 0.05) is 31.9 Å². The normalized spacial score (nSPS) is 10.4. The van der Waals surface area contributed by atoms with Crippen LogP contribution in [0.1, 0.15) is 12.0 Å². The fourth-order valence-corrected chi connectivity index (χ4v) is 2.09. The van der Waals surface area contributed by atoms with Crippen molar-refractivity contribution < 1.29 is 9.90 Å². The lowest BCUT2D eigenvalue weighted by molar-refractivity contribution is -0.137. The van der Waals surface area contributed by atoms with E-state index in [0.29, 0.717) is 6.54 Å². The number of nitrogens with zero attached hydrogens (tertiary/aromatic N) is 2. The largest absolute Gasteiger partial charge is 0.481 e. The number of carboxylic acid groups (broad SMARTS) is 1. The minimum absolute atomic E-state index is 0.168. The van der Waals surface area contributed by atoms with E-state index in [1.165, 1.54) is 5.56 Å². The summed E-state index contributed by atoms with van der Waals surface area (Å²) in [5.74, 6) is -0.762. The van der Waals surface area contributed by atoms with E-state index in [4.69, 9.17) is 5.11 Å². The lowest BCUT2D eigenvalue weighted by atomic mass is 10.1. The SMILES string of the molecule is C=CCN(CC=C)c1ccc(CN(C)CCC(=O)O)cc1. The second-order valence-corrected chi connectivity index (χ2v) is 5.03. The Morgan fingerprint density at radius 1 is 1.19 bits per heavy atom. The number of rotatable bonds is 10. The standard InChI is InChI=1S/C17H24N2O2/c1-4-11-19(12-5-2)16-8-6-15(7-9-16)14-18(3)13-10-17(20)21/h4-9H,1-2,10-14H2,3H3,(H,20,21). The lowest BCUT2D eigenvalue weighted by Crippen LogP contribution is -2.23. The van der Waals surface area contributed by atoms with E-state index >= 15 is 0 Å². The topological polar surface area (TPSA) is 43.8 Å². The van der Waals surface area contributed by atoms with Crippen LogP contribution in [0.4, 0.5) is 5.69 Å². The van der Waals surface area contributed by atoms with Crippen LogP contribution in [0, 0.1) is 0 Å². The van der Waals surface area contributed by atoms with Crippen molar-refractivity contribution >= 4 is 11.7 Å². The molecule has 0 bridgehead atoms. The van der Waals surface area contributed by atoms with Crippen LogP contribution in [-0.4, -0.2) is 42.7 Å². The fraction of sp³-hybridized carbons (Fsp3) is 0.353. The van der Waals surface area contributed by atoms with Crippen LogP contribution in [0.2, 0.25) is 0 Å². The minimum Gasteiger partial charge on any atom is -0.481 e. The molecule has 0 aliphatic heterocycles. The Morgan fingerprint density at radius 3 is 2.24 bits per heavy atom. The van der Waals surface area contributed by atoms with Crippen molar-refractivity contribution in [1.29, 1.82) is 0 Å². The molecule has 0 fully saturated rings. The molecule has 114 valence electrons. The zero-order valence-corrected chi connectivity index (χ0v) is 12.7. The molecular formula is C17H24N2O2. The van der Waals surface area contributed by atoms with Crippen LogP contribution in [0.15, 0.2) is 49.6 Å². The van der Waals surface area contributed by atoms with Crippen LogP contribution < -0.4 is 4.90 Å². The number of carboxylic acids is 1. The highest BCUT2D eigenvalue weighted by Gasteiger charge is 2.05. The van der Waals surface area contributed by atoms with Gasteiger partial charge >= 0.3 is 5.97 Å². The molecule has 0 aliphatic carbocycles. The number of hydrogen-bond donors (Lipinski definition) is 1. The van der Waals surface area contributed by atoms with Crippen molar-refractivity contribution in [1.82, 2.24) is 4.90 Å². The molecule has 1 N–H and O–H groups in total. The lowest BCUT2D eigenvalue weighted by Gasteiger charge is -2.22. The first-order valence-corrected chi connectivity index (χ1v) is 7.02. The van der Waals surface area contributed by atoms with Gasteiger partial charge in [0.1, 0.15) is 0 Å². The number of aliphatic carboxylic acids is 1. The summed E-state index contributed by atoms with van der Waals surface area (Å²) >= 11 is 0. The van der Waals surface area contributed by atoms with E-state index in [1.54, 1.807) is 0 Å². The predicted molar refractivity (Wildman–Crippen MR) is 87.6 cm³/mol. The summed E-state index contributed by atoms with van der Waals surface area (Å²) in [4.78, 5) is 14.7. The summed E-state index contributed by atoms with van der Waals surface area (Å²) in [7, 11) is 1.93. The third kappa shape index (κ3) is 6.27. The smallest absolute Gasteiger partial charge is 0.304 e. The van der Waals surface area contributed by atoms with Gasteiger partial charge in [0.15, 0.2) is 0 Å². The molecule has 21 heavy (non-hydrogen) atoms. The number of anilines is 1. The van der Waals surface area contributed by atoms with Crippen LogP contribution in [0.5, 0.6) is 0 Å². The van der Waals surface area contributed by atoms with Gasteiger partial charge in [-0.3, -0.25) is 4.79 Å². The van der Waals surface area contributed by atoms with Gasteiger partial charge in [-0.1, -0.05) is 24.3 Å². The van der Waals surface area contributed by atoms with Crippen molar-refractivity contribution in [3.8, 4) is 0 Å². The molecule has 0 amide bonds. The second-order valence-electron chi connectivity index (χ2n) is 5.03. The summed E-state index contributed by atoms with van der Waals surface area (Å²) < 4.78 is 0. The Kier molecular flexibility index (Phi) is 7.26. The fourth-order valence-electron chi connectivity index (χ4n) is 2.09. The van der Waals surface area contributed by atoms with E-state index in [1.807, 2.05) is 24.1 Å². The van der Waals surface area contributed by atoms with Crippen LogP contribution in [-0.2, 0) is 11.3 Å². The van der Waals surface area contributed by atoms with Crippen molar-refractivity contribution in [2.24, 2.45) is 0 Å². The number of benzene rings is 1. The van der Waals surface area contributed by atoms with Crippen molar-refractivity contribution in [3.63, 3.8) is 0 Å². The molecule has 0 heterocycles. The van der Waals surface area contributed by atoms with E-state index in [9.17, 15) is 4.79 Å². The Morgan fingerprint density at radius 2 is 1.76 bits per heavy atom. The highest BCUT2D eigenvalue weighted by Crippen LogP contribution is 2.16. The summed E-state index contributed by atoms with van der Waals surface area (Å²) in [6, 6.07) is 8.30. The third-order valence-corrected chi connectivity index (χ3v) is 3.16. The average Bonchev–Trinajstić information content (AvgIpc) is 2.46. The average molecular weight is 288 g/mol. The summed E-state index contributed by atoms with van der Waals surface area (Å²) in [5, 5.41) is 8.68. The zero-order chi connectivity index (χ0) is 15.7. The first-order chi connectivity index (χ1) is 10.1. The molecule has 4 heteroatoms. The third-order valence-electron chi connectivity index (χ3n) is 3.16. The Bertz CT molecular complexity index is 458. The van der Waals surface area contributed by atoms with Crippen molar-refractivity contribution in [3.05, 3.63) is 55.1 Å². The van der Waals surface area contributed by atoms with E-state index in [2.05, 4.69) is 42.3 Å². The second kappa shape index (κ2) is 8.97. The number of hydrogen-bond acceptors (Lipinski definition) is 3. The molecule has 1 rings (SSSR count). The Labute approximate surface area is 127 Å². The quantitative estimate of drug-likeness (QED) is 0.672. The molecule has 0 radical (unpaired) electrons. The van der Waals surface area contributed by atoms with Gasteiger partial charge in [-0.15, -0.1) is 13.2 Å². The van der Waals surface area contributed by atoms with Gasteiger partial charge in [0.25, 0.3) is 0 Å². The van der Waals surface area contributed by atoms with Gasteiger partial charge in [0.2, 0.25) is 0 Å². The van der Waals surface area contributed by atoms with Gasteiger partial charge < -0.3 is 14.9 Å². The molecule has 0 saturated heterocycles. The van der Waals surface area contributed by atoms with Gasteiger partial charge in [0.05, 0.1) is 6.42 Å². The van der Waals surface area contributed by atoms with Crippen LogP contribution in [0.3, 0.4) is 0 Å². The number of carbonyl (C=O) groups is 1. The maximum absolute atomic E-state index is 10.6. The Balaban J connectivity index is 2.61. The van der Waals surface area contributed by atoms with Crippen molar-refractivity contribution in [2.75, 3.05) is 31.6 Å². The molecule has 0 saturated carbocycles. The molecule has 0 aromatic heterocycles. The van der Waals surface area contributed by atoms with Crippen LogP contribution >= 0.6 is 0 Å². The first-order valence-electron chi connectivity index (χ1n) is 7.02. The van der Waals surface area contributed by atoms with E-state index in [0.717, 1.165) is 25.3 Å². The highest BCUT2D eigenvalue weighted by atomic mass is 16.4. The molecule has 0 unspecified atom stereocenters. The molecule has 1 aromatic carbocycles. The summed E-state index contributed by atoms with van der Waals surface area (Å²) in [6.07, 6.45) is 3.91. The molecule has 0 aliphatic rings. The highest BCUT2D eigenvalue weighted by molar-refractivity contribution is 5.66. The summed E-state index contributed by atoms with van der Waals surface area (Å²) in [6.45, 7) is 10.4. The van der Waals surface area contributed by atoms with Crippen LogP contribution in [0.25, 0.3) is 0 Å². The molecule has 0 atom stereocenters. The van der Waals surface area contributed by atoms with Gasteiger partial charge in [-0.25, -0.2) is 0 Å². The maximum Gasteiger partial charge on any atom is 0.304 e. The predicted octanol–water partition coefficient (Wildman–Crippen LogP) is 2.77. The molecule has 4 nitrogen and oxygen atoms in total. The first kappa shape index (κ1) is 17.0. The molecule has 1 aromatic rings. The van der Waals surface area contributed by atoms with E-state index < -0.39 is 5.97 Å². The van der Waals surface area contributed by atoms with E-state index in [-0.39, 0.29) is 6.42 Å².